The Morgan fingerprint density at radius 1 is 0.944 bits per heavy atom. The smallest absolute Gasteiger partial charge is 0.376 e. The predicted octanol–water partition coefficient (Wildman–Crippen LogP) is 4.75. The van der Waals surface area contributed by atoms with E-state index in [1.807, 2.05) is 4.90 Å². The summed E-state index contributed by atoms with van der Waals surface area (Å²) in [6, 6.07) is 7.64. The van der Waals surface area contributed by atoms with Gasteiger partial charge in [0.25, 0.3) is 0 Å². The second-order valence-corrected chi connectivity index (χ2v) is 11.6. The van der Waals surface area contributed by atoms with Crippen LogP contribution in [0.15, 0.2) is 42.5 Å². The van der Waals surface area contributed by atoms with E-state index >= 15 is 0 Å². The molecule has 0 amide bonds. The van der Waals surface area contributed by atoms with Crippen LogP contribution in [0.1, 0.15) is 36.5 Å². The van der Waals surface area contributed by atoms with Crippen molar-refractivity contribution in [2.45, 2.75) is 56.3 Å². The first kappa shape index (κ1) is 26.9. The van der Waals surface area contributed by atoms with E-state index in [2.05, 4.69) is 0 Å². The van der Waals surface area contributed by atoms with Crippen LogP contribution in [-0.4, -0.2) is 60.3 Å². The fraction of sp³-hybridized carbons (Fsp3) is 0.500. The minimum absolute atomic E-state index is 0.0652. The van der Waals surface area contributed by atoms with E-state index in [0.717, 1.165) is 30.3 Å². The molecule has 4 rings (SSSR count). The Bertz CT molecular complexity index is 1210. The number of alkyl halides is 6. The van der Waals surface area contributed by atoms with Crippen LogP contribution >= 0.6 is 0 Å². The molecule has 0 saturated carbocycles. The molecule has 1 N–H and O–H groups in total. The van der Waals surface area contributed by atoms with E-state index in [-0.39, 0.29) is 29.8 Å². The van der Waals surface area contributed by atoms with Crippen molar-refractivity contribution in [1.82, 2.24) is 9.21 Å². The number of hydrogen-bond donors (Lipinski definition) is 1. The SMILES string of the molecule is CC(O)(c1ccc(-c2ccc(CN3CC4CCC(C3)N4S(C)(=O)=O)cc2C(F)(F)F)cc1)C(F)(F)F. The van der Waals surface area contributed by atoms with Gasteiger partial charge in [0.15, 0.2) is 5.60 Å². The molecule has 198 valence electrons. The fourth-order valence-corrected chi connectivity index (χ4v) is 6.62. The van der Waals surface area contributed by atoms with Gasteiger partial charge in [-0.05, 0) is 48.1 Å². The minimum Gasteiger partial charge on any atom is -0.376 e. The molecule has 2 aliphatic rings. The largest absolute Gasteiger partial charge is 0.421 e. The van der Waals surface area contributed by atoms with Gasteiger partial charge in [-0.15, -0.1) is 0 Å². The number of likely N-dealkylation sites (tertiary alicyclic amines) is 1. The van der Waals surface area contributed by atoms with Crippen LogP contribution in [0, 0.1) is 0 Å². The highest BCUT2D eigenvalue weighted by molar-refractivity contribution is 7.88. The number of rotatable bonds is 5. The van der Waals surface area contributed by atoms with Crippen molar-refractivity contribution in [3.63, 3.8) is 0 Å². The van der Waals surface area contributed by atoms with Gasteiger partial charge in [-0.25, -0.2) is 8.42 Å². The molecule has 2 saturated heterocycles. The van der Waals surface area contributed by atoms with Crippen LogP contribution in [0.3, 0.4) is 0 Å². The molecule has 36 heavy (non-hydrogen) atoms. The summed E-state index contributed by atoms with van der Waals surface area (Å²) in [7, 11) is -3.36. The highest BCUT2D eigenvalue weighted by Crippen LogP contribution is 2.41. The fourth-order valence-electron chi connectivity index (χ4n) is 5.19. The summed E-state index contributed by atoms with van der Waals surface area (Å²) in [4.78, 5) is 1.95. The standard InChI is InChI=1S/C24H26F6N2O3S/c1-22(33,24(28,29)30)17-6-4-16(5-7-17)20-10-3-15(11-21(20)23(25,26)27)12-31-13-18-8-9-19(14-31)32(18)36(2,34)35/h3-7,10-11,18-19,33H,8-9,12-14H2,1-2H3. The van der Waals surface area contributed by atoms with Crippen molar-refractivity contribution in [2.24, 2.45) is 0 Å². The second kappa shape index (κ2) is 9.00. The van der Waals surface area contributed by atoms with Gasteiger partial charge in [0.2, 0.25) is 10.0 Å². The number of halogens is 6. The third kappa shape index (κ3) is 5.13. The summed E-state index contributed by atoms with van der Waals surface area (Å²) in [5, 5.41) is 9.82. The lowest BCUT2D eigenvalue weighted by Gasteiger charge is -2.39. The third-order valence-corrected chi connectivity index (χ3v) is 8.34. The predicted molar refractivity (Wildman–Crippen MR) is 121 cm³/mol. The molecule has 0 aliphatic carbocycles. The Balaban J connectivity index is 1.59. The van der Waals surface area contributed by atoms with Gasteiger partial charge in [-0.3, -0.25) is 4.90 Å². The summed E-state index contributed by atoms with van der Waals surface area (Å²) in [6.45, 7) is 1.64. The van der Waals surface area contributed by atoms with Crippen molar-refractivity contribution >= 4 is 10.0 Å². The number of sulfonamides is 1. The molecular weight excluding hydrogens is 510 g/mol. The van der Waals surface area contributed by atoms with Crippen LogP contribution in [0.2, 0.25) is 0 Å². The molecule has 2 fully saturated rings. The Kier molecular flexibility index (Phi) is 6.72. The second-order valence-electron chi connectivity index (χ2n) is 9.70. The van der Waals surface area contributed by atoms with Gasteiger partial charge in [0.1, 0.15) is 0 Å². The van der Waals surface area contributed by atoms with Gasteiger partial charge in [0.05, 0.1) is 11.8 Å². The molecule has 2 aromatic carbocycles. The average Bonchev–Trinajstić information content (AvgIpc) is 3.04. The molecule has 2 bridgehead atoms. The maximum absolute atomic E-state index is 14.0. The summed E-state index contributed by atoms with van der Waals surface area (Å²) < 4.78 is 107. The third-order valence-electron chi connectivity index (χ3n) is 6.98. The number of piperazine rings is 1. The van der Waals surface area contributed by atoms with E-state index in [9.17, 15) is 39.9 Å². The molecule has 2 heterocycles. The van der Waals surface area contributed by atoms with Gasteiger partial charge in [-0.2, -0.15) is 30.6 Å². The van der Waals surface area contributed by atoms with E-state index in [0.29, 0.717) is 38.4 Å². The number of hydrogen-bond acceptors (Lipinski definition) is 4. The molecule has 0 radical (unpaired) electrons. The lowest BCUT2D eigenvalue weighted by molar-refractivity contribution is -0.258. The monoisotopic (exact) mass is 536 g/mol. The van der Waals surface area contributed by atoms with Crippen molar-refractivity contribution < 1.29 is 39.9 Å². The molecule has 5 nitrogen and oxygen atoms in total. The highest BCUT2D eigenvalue weighted by atomic mass is 32.2. The molecule has 0 spiro atoms. The van der Waals surface area contributed by atoms with Crippen LogP contribution in [-0.2, 0) is 28.3 Å². The van der Waals surface area contributed by atoms with Crippen LogP contribution in [0.4, 0.5) is 26.3 Å². The minimum atomic E-state index is -4.94. The Labute approximate surface area is 205 Å². The molecule has 2 aromatic rings. The van der Waals surface area contributed by atoms with Crippen LogP contribution < -0.4 is 0 Å². The lowest BCUT2D eigenvalue weighted by atomic mass is 9.91. The average molecular weight is 537 g/mol. The Morgan fingerprint density at radius 3 is 1.97 bits per heavy atom. The van der Waals surface area contributed by atoms with Gasteiger partial charge < -0.3 is 5.11 Å². The first-order valence-corrected chi connectivity index (χ1v) is 13.1. The zero-order valence-corrected chi connectivity index (χ0v) is 20.4. The molecule has 0 aromatic heterocycles. The van der Waals surface area contributed by atoms with Gasteiger partial charge in [-0.1, -0.05) is 36.4 Å². The normalized spacial score (nSPS) is 23.6. The van der Waals surface area contributed by atoms with Crippen molar-refractivity contribution in [3.05, 3.63) is 59.2 Å². The number of aliphatic hydroxyl groups is 1. The van der Waals surface area contributed by atoms with Crippen molar-refractivity contribution in [1.29, 1.82) is 0 Å². The van der Waals surface area contributed by atoms with E-state index in [1.54, 1.807) is 0 Å². The van der Waals surface area contributed by atoms with Crippen molar-refractivity contribution in [3.8, 4) is 11.1 Å². The summed E-state index contributed by atoms with van der Waals surface area (Å²) in [6.07, 6.45) is -7.08. The van der Waals surface area contributed by atoms with Crippen molar-refractivity contribution in [2.75, 3.05) is 19.3 Å². The molecule has 3 atom stereocenters. The number of fused-ring (bicyclic) bond motifs is 2. The number of benzene rings is 2. The highest BCUT2D eigenvalue weighted by Gasteiger charge is 2.51. The first-order valence-electron chi connectivity index (χ1n) is 11.3. The van der Waals surface area contributed by atoms with E-state index < -0.39 is 39.1 Å². The molecular formula is C24H26F6N2O3S. The van der Waals surface area contributed by atoms with E-state index in [4.69, 9.17) is 0 Å². The molecule has 12 heteroatoms. The summed E-state index contributed by atoms with van der Waals surface area (Å²) >= 11 is 0. The van der Waals surface area contributed by atoms with Gasteiger partial charge >= 0.3 is 12.4 Å². The Morgan fingerprint density at radius 2 is 1.50 bits per heavy atom. The molecule has 3 unspecified atom stereocenters. The first-order chi connectivity index (χ1) is 16.5. The van der Waals surface area contributed by atoms with Crippen LogP contribution in [0.5, 0.6) is 0 Å². The molecule has 2 aliphatic heterocycles. The maximum atomic E-state index is 14.0. The van der Waals surface area contributed by atoms with Gasteiger partial charge in [0, 0.05) is 31.7 Å². The topological polar surface area (TPSA) is 60.9 Å². The van der Waals surface area contributed by atoms with E-state index in [1.165, 1.54) is 22.7 Å². The number of nitrogens with zero attached hydrogens (tertiary/aromatic N) is 2. The van der Waals surface area contributed by atoms with Crippen LogP contribution in [0.25, 0.3) is 11.1 Å². The zero-order valence-electron chi connectivity index (χ0n) is 19.6. The maximum Gasteiger partial charge on any atom is 0.421 e. The quantitative estimate of drug-likeness (QED) is 0.561. The zero-order chi connectivity index (χ0) is 26.7. The summed E-state index contributed by atoms with van der Waals surface area (Å²) in [5.41, 5.74) is -4.26. The summed E-state index contributed by atoms with van der Waals surface area (Å²) in [5.74, 6) is 0. The Hall–Kier alpha value is -2.15. The lowest BCUT2D eigenvalue weighted by Crippen LogP contribution is -2.54.